The molecule has 1 unspecified atom stereocenters. The van der Waals surface area contributed by atoms with Crippen LogP contribution in [0.15, 0.2) is 24.3 Å². The Morgan fingerprint density at radius 1 is 1.45 bits per heavy atom. The van der Waals surface area contributed by atoms with Gasteiger partial charge in [-0.3, -0.25) is 0 Å². The highest BCUT2D eigenvalue weighted by atomic mass is 14.9. The lowest BCUT2D eigenvalue weighted by Gasteiger charge is -2.05. The monoisotopic (exact) mass is 147 g/mol. The van der Waals surface area contributed by atoms with Crippen LogP contribution in [0.25, 0.3) is 0 Å². The lowest BCUT2D eigenvalue weighted by atomic mass is 10.1. The maximum Gasteiger partial charge on any atom is 0.0375 e. The van der Waals surface area contributed by atoms with E-state index in [-0.39, 0.29) is 0 Å². The molecule has 1 aromatic rings. The summed E-state index contributed by atoms with van der Waals surface area (Å²) in [4.78, 5) is 0. The third-order valence-electron chi connectivity index (χ3n) is 2.34. The van der Waals surface area contributed by atoms with Crippen molar-refractivity contribution in [1.29, 1.82) is 0 Å². The van der Waals surface area contributed by atoms with Gasteiger partial charge in [-0.2, -0.15) is 0 Å². The lowest BCUT2D eigenvalue weighted by Crippen LogP contribution is -2.12. The summed E-state index contributed by atoms with van der Waals surface area (Å²) in [5.74, 6) is 0. The number of benzene rings is 1. The van der Waals surface area contributed by atoms with Gasteiger partial charge in [0, 0.05) is 11.7 Å². The summed E-state index contributed by atoms with van der Waals surface area (Å²) in [5, 5.41) is 3.48. The Bertz CT molecular complexity index is 230. The molecule has 0 aliphatic carbocycles. The molecule has 1 heteroatoms. The third-order valence-corrected chi connectivity index (χ3v) is 2.34. The van der Waals surface area contributed by atoms with E-state index in [0.717, 1.165) is 0 Å². The van der Waals surface area contributed by atoms with E-state index in [0.29, 0.717) is 6.04 Å². The van der Waals surface area contributed by atoms with E-state index < -0.39 is 0 Å². The number of rotatable bonds is 1. The molecule has 0 saturated heterocycles. The molecule has 1 aromatic carbocycles. The van der Waals surface area contributed by atoms with Gasteiger partial charge in [-0.05, 0) is 24.5 Å². The molecule has 1 nitrogen and oxygen atoms in total. The summed E-state index contributed by atoms with van der Waals surface area (Å²) >= 11 is 0. The molecule has 1 aliphatic rings. The van der Waals surface area contributed by atoms with E-state index in [9.17, 15) is 0 Å². The number of para-hydroxylation sites is 1. The van der Waals surface area contributed by atoms with Crippen molar-refractivity contribution in [1.82, 2.24) is 0 Å². The Morgan fingerprint density at radius 3 is 3.00 bits per heavy atom. The van der Waals surface area contributed by atoms with Gasteiger partial charge >= 0.3 is 0 Å². The number of nitrogens with one attached hydrogen (secondary N) is 1. The Balaban J connectivity index is 2.27. The molecular formula is C10H13N. The van der Waals surface area contributed by atoms with Crippen LogP contribution < -0.4 is 5.32 Å². The van der Waals surface area contributed by atoms with E-state index in [2.05, 4.69) is 36.5 Å². The lowest BCUT2D eigenvalue weighted by molar-refractivity contribution is 0.723. The largest absolute Gasteiger partial charge is 0.382 e. The van der Waals surface area contributed by atoms with Crippen molar-refractivity contribution in [3.05, 3.63) is 29.8 Å². The molecule has 1 aliphatic heterocycles. The van der Waals surface area contributed by atoms with E-state index in [1.54, 1.807) is 0 Å². The average Bonchev–Trinajstić information content (AvgIpc) is 2.46. The van der Waals surface area contributed by atoms with Gasteiger partial charge in [0.2, 0.25) is 0 Å². The minimum Gasteiger partial charge on any atom is -0.382 e. The van der Waals surface area contributed by atoms with Crippen LogP contribution in [0.5, 0.6) is 0 Å². The zero-order valence-electron chi connectivity index (χ0n) is 6.80. The predicted molar refractivity (Wildman–Crippen MR) is 47.8 cm³/mol. The van der Waals surface area contributed by atoms with Crippen LogP contribution in [0, 0.1) is 0 Å². The Labute approximate surface area is 67.4 Å². The number of hydrogen-bond acceptors (Lipinski definition) is 1. The summed E-state index contributed by atoms with van der Waals surface area (Å²) in [6, 6.07) is 9.23. The third kappa shape index (κ3) is 1.11. The molecule has 0 saturated carbocycles. The zero-order chi connectivity index (χ0) is 7.68. The molecule has 0 spiro atoms. The summed E-state index contributed by atoms with van der Waals surface area (Å²) in [5.41, 5.74) is 2.80. The first-order valence-electron chi connectivity index (χ1n) is 4.24. The van der Waals surface area contributed by atoms with Gasteiger partial charge in [0.25, 0.3) is 0 Å². The van der Waals surface area contributed by atoms with Crippen LogP contribution in [0.4, 0.5) is 5.69 Å². The minimum absolute atomic E-state index is 0.674. The van der Waals surface area contributed by atoms with Gasteiger partial charge in [0.1, 0.15) is 0 Å². The molecular weight excluding hydrogens is 134 g/mol. The molecule has 0 amide bonds. The highest BCUT2D eigenvalue weighted by molar-refractivity contribution is 5.56. The number of hydrogen-bond donors (Lipinski definition) is 1. The SMILES string of the molecule is CCC1Cc2ccccc2N1. The van der Waals surface area contributed by atoms with E-state index in [1.807, 2.05) is 0 Å². The van der Waals surface area contributed by atoms with Crippen molar-refractivity contribution in [2.75, 3.05) is 5.32 Å². The van der Waals surface area contributed by atoms with Gasteiger partial charge in [-0.25, -0.2) is 0 Å². The van der Waals surface area contributed by atoms with Crippen LogP contribution >= 0.6 is 0 Å². The standard InChI is InChI=1S/C10H13N/c1-2-9-7-8-5-3-4-6-10(8)11-9/h3-6,9,11H,2,7H2,1H3. The summed E-state index contributed by atoms with van der Waals surface area (Å²) < 4.78 is 0. The molecule has 0 bridgehead atoms. The highest BCUT2D eigenvalue weighted by Gasteiger charge is 2.17. The first-order valence-corrected chi connectivity index (χ1v) is 4.24. The summed E-state index contributed by atoms with van der Waals surface area (Å²) in [6.45, 7) is 2.23. The normalized spacial score (nSPS) is 21.0. The van der Waals surface area contributed by atoms with E-state index in [1.165, 1.54) is 24.1 Å². The fourth-order valence-corrected chi connectivity index (χ4v) is 1.62. The van der Waals surface area contributed by atoms with Crippen molar-refractivity contribution < 1.29 is 0 Å². The van der Waals surface area contributed by atoms with E-state index >= 15 is 0 Å². The van der Waals surface area contributed by atoms with Crippen molar-refractivity contribution in [2.24, 2.45) is 0 Å². The first kappa shape index (κ1) is 6.71. The minimum atomic E-state index is 0.674. The molecule has 0 fully saturated rings. The molecule has 58 valence electrons. The second kappa shape index (κ2) is 2.57. The fraction of sp³-hybridized carbons (Fsp3) is 0.400. The van der Waals surface area contributed by atoms with Gasteiger partial charge in [-0.15, -0.1) is 0 Å². The maximum atomic E-state index is 3.48. The second-order valence-electron chi connectivity index (χ2n) is 3.11. The Kier molecular flexibility index (Phi) is 1.57. The summed E-state index contributed by atoms with van der Waals surface area (Å²) in [7, 11) is 0. The topological polar surface area (TPSA) is 12.0 Å². The molecule has 0 aromatic heterocycles. The van der Waals surface area contributed by atoms with Crippen LogP contribution in [0.2, 0.25) is 0 Å². The fourth-order valence-electron chi connectivity index (χ4n) is 1.62. The van der Waals surface area contributed by atoms with Gasteiger partial charge in [0.15, 0.2) is 0 Å². The van der Waals surface area contributed by atoms with Crippen LogP contribution in [0.3, 0.4) is 0 Å². The molecule has 1 N–H and O–H groups in total. The Morgan fingerprint density at radius 2 is 2.27 bits per heavy atom. The number of fused-ring (bicyclic) bond motifs is 1. The van der Waals surface area contributed by atoms with Crippen molar-refractivity contribution in [2.45, 2.75) is 25.8 Å². The van der Waals surface area contributed by atoms with Crippen LogP contribution in [-0.4, -0.2) is 6.04 Å². The molecule has 1 atom stereocenters. The van der Waals surface area contributed by atoms with Crippen molar-refractivity contribution in [3.8, 4) is 0 Å². The van der Waals surface area contributed by atoms with E-state index in [4.69, 9.17) is 0 Å². The van der Waals surface area contributed by atoms with Gasteiger partial charge < -0.3 is 5.32 Å². The second-order valence-corrected chi connectivity index (χ2v) is 3.11. The van der Waals surface area contributed by atoms with Gasteiger partial charge in [-0.1, -0.05) is 25.1 Å². The molecule has 2 rings (SSSR count). The Hall–Kier alpha value is -0.980. The predicted octanol–water partition coefficient (Wildman–Crippen LogP) is 2.43. The molecule has 11 heavy (non-hydrogen) atoms. The number of anilines is 1. The smallest absolute Gasteiger partial charge is 0.0375 e. The summed E-state index contributed by atoms with van der Waals surface area (Å²) in [6.07, 6.45) is 2.42. The van der Waals surface area contributed by atoms with Crippen LogP contribution in [0.1, 0.15) is 18.9 Å². The maximum absolute atomic E-state index is 3.48. The average molecular weight is 147 g/mol. The van der Waals surface area contributed by atoms with Gasteiger partial charge in [0.05, 0.1) is 0 Å². The van der Waals surface area contributed by atoms with Crippen LogP contribution in [-0.2, 0) is 6.42 Å². The first-order chi connectivity index (χ1) is 5.40. The highest BCUT2D eigenvalue weighted by Crippen LogP contribution is 2.25. The van der Waals surface area contributed by atoms with Crippen molar-refractivity contribution >= 4 is 5.69 Å². The quantitative estimate of drug-likeness (QED) is 0.643. The molecule has 0 radical (unpaired) electrons. The van der Waals surface area contributed by atoms with Crippen molar-refractivity contribution in [3.63, 3.8) is 0 Å². The molecule has 1 heterocycles. The zero-order valence-corrected chi connectivity index (χ0v) is 6.80.